The van der Waals surface area contributed by atoms with Gasteiger partial charge in [-0.2, -0.15) is 13.2 Å². The molecular formula is C18H12ClF3N2O3S. The lowest BCUT2D eigenvalue weighted by molar-refractivity contribution is -0.137. The van der Waals surface area contributed by atoms with Crippen molar-refractivity contribution in [3.05, 3.63) is 64.2 Å². The maximum Gasteiger partial charge on any atom is 0.417 e. The second-order valence-corrected chi connectivity index (χ2v) is 6.54. The molecule has 1 aliphatic heterocycles. The zero-order chi connectivity index (χ0) is 20.5. The average Bonchev–Trinajstić information content (AvgIpc) is 2.87. The average molecular weight is 429 g/mol. The number of ether oxygens (including phenoxy) is 1. The SMILES string of the molecule is O=C1c2ccccc2C(=O)N1CCOC(=S)Nc1ccc(Cl)c(C(F)(F)F)c1. The summed E-state index contributed by atoms with van der Waals surface area (Å²) < 4.78 is 43.9. The molecule has 3 rings (SSSR count). The number of hydrogen-bond acceptors (Lipinski definition) is 4. The summed E-state index contributed by atoms with van der Waals surface area (Å²) in [6.45, 7) is -0.167. The van der Waals surface area contributed by atoms with Crippen LogP contribution in [0.1, 0.15) is 26.3 Å². The van der Waals surface area contributed by atoms with Gasteiger partial charge in [-0.15, -0.1) is 0 Å². The molecule has 10 heteroatoms. The van der Waals surface area contributed by atoms with Crippen molar-refractivity contribution in [3.63, 3.8) is 0 Å². The lowest BCUT2D eigenvalue weighted by Gasteiger charge is -2.16. The summed E-state index contributed by atoms with van der Waals surface area (Å²) >= 11 is 10.5. The summed E-state index contributed by atoms with van der Waals surface area (Å²) in [7, 11) is 0. The van der Waals surface area contributed by atoms with E-state index in [9.17, 15) is 22.8 Å². The molecule has 1 aliphatic rings. The molecule has 0 saturated heterocycles. The van der Waals surface area contributed by atoms with Gasteiger partial charge in [0, 0.05) is 5.69 Å². The number of amides is 2. The lowest BCUT2D eigenvalue weighted by atomic mass is 10.1. The van der Waals surface area contributed by atoms with E-state index in [0.29, 0.717) is 11.1 Å². The second kappa shape index (κ2) is 7.76. The molecular weight excluding hydrogens is 417 g/mol. The number of alkyl halides is 3. The quantitative estimate of drug-likeness (QED) is 0.579. The molecule has 146 valence electrons. The minimum absolute atomic E-state index is 0.0439. The van der Waals surface area contributed by atoms with E-state index < -0.39 is 28.6 Å². The van der Waals surface area contributed by atoms with Crippen molar-refractivity contribution in [3.8, 4) is 0 Å². The van der Waals surface area contributed by atoms with Gasteiger partial charge < -0.3 is 10.1 Å². The van der Waals surface area contributed by atoms with Gasteiger partial charge in [0.25, 0.3) is 17.0 Å². The Kier molecular flexibility index (Phi) is 5.57. The maximum atomic E-state index is 12.9. The van der Waals surface area contributed by atoms with Crippen molar-refractivity contribution < 1.29 is 27.5 Å². The molecule has 0 radical (unpaired) electrons. The summed E-state index contributed by atoms with van der Waals surface area (Å²) in [5.74, 6) is -0.869. The number of imide groups is 1. The van der Waals surface area contributed by atoms with E-state index in [-0.39, 0.29) is 24.0 Å². The van der Waals surface area contributed by atoms with E-state index in [4.69, 9.17) is 28.6 Å². The summed E-state index contributed by atoms with van der Waals surface area (Å²) in [5, 5.41) is 1.87. The minimum atomic E-state index is -4.61. The molecule has 0 aromatic heterocycles. The van der Waals surface area contributed by atoms with Crippen LogP contribution >= 0.6 is 23.8 Å². The number of nitrogens with zero attached hydrogens (tertiary/aromatic N) is 1. The first-order valence-electron chi connectivity index (χ1n) is 7.94. The number of carbonyl (C=O) groups excluding carboxylic acids is 2. The first-order valence-corrected chi connectivity index (χ1v) is 8.73. The van der Waals surface area contributed by atoms with E-state index in [1.165, 1.54) is 6.07 Å². The normalized spacial score (nSPS) is 13.5. The standard InChI is InChI=1S/C18H12ClF3N2O3S/c19-14-6-5-10(9-13(14)18(20,21)22)23-17(28)27-8-7-24-15(25)11-3-1-2-4-12(11)16(24)26/h1-6,9H,7-8H2,(H,23,28). The smallest absolute Gasteiger partial charge is 0.417 e. The topological polar surface area (TPSA) is 58.6 Å². The molecule has 2 aromatic rings. The Labute approximate surface area is 168 Å². The third-order valence-electron chi connectivity index (χ3n) is 3.94. The second-order valence-electron chi connectivity index (χ2n) is 5.76. The van der Waals surface area contributed by atoms with E-state index in [0.717, 1.165) is 17.0 Å². The monoisotopic (exact) mass is 428 g/mol. The molecule has 28 heavy (non-hydrogen) atoms. The van der Waals surface area contributed by atoms with Crippen LogP contribution in [0, 0.1) is 0 Å². The van der Waals surface area contributed by atoms with E-state index in [1.807, 2.05) is 0 Å². The van der Waals surface area contributed by atoms with Crippen LogP contribution in [-0.4, -0.2) is 35.0 Å². The third kappa shape index (κ3) is 4.10. The van der Waals surface area contributed by atoms with Crippen molar-refractivity contribution >= 4 is 46.5 Å². The highest BCUT2D eigenvalue weighted by Gasteiger charge is 2.35. The molecule has 0 spiro atoms. The van der Waals surface area contributed by atoms with Crippen LogP contribution in [-0.2, 0) is 10.9 Å². The van der Waals surface area contributed by atoms with Crippen molar-refractivity contribution in [2.24, 2.45) is 0 Å². The maximum absolute atomic E-state index is 12.9. The Morgan fingerprint density at radius 3 is 2.29 bits per heavy atom. The molecule has 0 fully saturated rings. The number of hydrogen-bond donors (Lipinski definition) is 1. The molecule has 0 bridgehead atoms. The predicted molar refractivity (Wildman–Crippen MR) is 100 cm³/mol. The van der Waals surface area contributed by atoms with Gasteiger partial charge in [-0.05, 0) is 42.5 Å². The number of fused-ring (bicyclic) bond motifs is 1. The Morgan fingerprint density at radius 1 is 1.11 bits per heavy atom. The Hall–Kier alpha value is -2.65. The lowest BCUT2D eigenvalue weighted by Crippen LogP contribution is -2.33. The molecule has 1 heterocycles. The zero-order valence-corrected chi connectivity index (χ0v) is 15.6. The summed E-state index contributed by atoms with van der Waals surface area (Å²) in [5.41, 5.74) is -0.335. The van der Waals surface area contributed by atoms with Crippen molar-refractivity contribution in [2.75, 3.05) is 18.5 Å². The fourth-order valence-corrected chi connectivity index (χ4v) is 3.07. The molecule has 0 atom stereocenters. The summed E-state index contributed by atoms with van der Waals surface area (Å²) in [6, 6.07) is 9.64. The van der Waals surface area contributed by atoms with Gasteiger partial charge in [0.1, 0.15) is 6.61 Å². The fourth-order valence-electron chi connectivity index (χ4n) is 2.65. The summed E-state index contributed by atoms with van der Waals surface area (Å²) in [6.07, 6.45) is -4.61. The van der Waals surface area contributed by atoms with Crippen LogP contribution in [0.5, 0.6) is 0 Å². The molecule has 2 aromatic carbocycles. The van der Waals surface area contributed by atoms with Crippen molar-refractivity contribution in [1.29, 1.82) is 0 Å². The third-order valence-corrected chi connectivity index (χ3v) is 4.49. The Morgan fingerprint density at radius 2 is 1.71 bits per heavy atom. The molecule has 0 aliphatic carbocycles. The number of halogens is 4. The van der Waals surface area contributed by atoms with E-state index in [2.05, 4.69) is 5.32 Å². The van der Waals surface area contributed by atoms with Crippen LogP contribution < -0.4 is 5.32 Å². The Bertz CT molecular complexity index is 930. The predicted octanol–water partition coefficient (Wildman–Crippen LogP) is 4.37. The van der Waals surface area contributed by atoms with Crippen molar-refractivity contribution in [2.45, 2.75) is 6.18 Å². The molecule has 0 saturated carbocycles. The van der Waals surface area contributed by atoms with Gasteiger partial charge in [-0.3, -0.25) is 14.5 Å². The van der Waals surface area contributed by atoms with Gasteiger partial charge in [0.05, 0.1) is 28.3 Å². The van der Waals surface area contributed by atoms with E-state index in [1.54, 1.807) is 24.3 Å². The number of nitrogens with one attached hydrogen (secondary N) is 1. The van der Waals surface area contributed by atoms with Gasteiger partial charge >= 0.3 is 6.18 Å². The highest BCUT2D eigenvalue weighted by Crippen LogP contribution is 2.36. The van der Waals surface area contributed by atoms with Gasteiger partial charge in [0.2, 0.25) is 0 Å². The number of carbonyl (C=O) groups is 2. The number of rotatable bonds is 4. The molecule has 0 unspecified atom stereocenters. The first kappa shape index (κ1) is 20.1. The first-order chi connectivity index (χ1) is 13.2. The molecule has 1 N–H and O–H groups in total. The highest BCUT2D eigenvalue weighted by molar-refractivity contribution is 7.80. The highest BCUT2D eigenvalue weighted by atomic mass is 35.5. The van der Waals surface area contributed by atoms with E-state index >= 15 is 0 Å². The van der Waals surface area contributed by atoms with Gasteiger partial charge in [-0.25, -0.2) is 0 Å². The summed E-state index contributed by atoms with van der Waals surface area (Å²) in [4.78, 5) is 25.5. The van der Waals surface area contributed by atoms with Crippen LogP contribution in [0.4, 0.5) is 18.9 Å². The van der Waals surface area contributed by atoms with Crippen LogP contribution in [0.2, 0.25) is 5.02 Å². The van der Waals surface area contributed by atoms with Gasteiger partial charge in [-0.1, -0.05) is 23.7 Å². The number of anilines is 1. The zero-order valence-electron chi connectivity index (χ0n) is 14.0. The van der Waals surface area contributed by atoms with Crippen LogP contribution in [0.15, 0.2) is 42.5 Å². The molecule has 5 nitrogen and oxygen atoms in total. The molecule has 2 amide bonds. The van der Waals surface area contributed by atoms with Crippen LogP contribution in [0.25, 0.3) is 0 Å². The minimum Gasteiger partial charge on any atom is -0.469 e. The number of thiocarbonyl (C=S) groups is 1. The fraction of sp³-hybridized carbons (Fsp3) is 0.167. The van der Waals surface area contributed by atoms with Crippen molar-refractivity contribution in [1.82, 2.24) is 4.90 Å². The number of benzene rings is 2. The van der Waals surface area contributed by atoms with Gasteiger partial charge in [0.15, 0.2) is 0 Å². The van der Waals surface area contributed by atoms with Crippen LogP contribution in [0.3, 0.4) is 0 Å². The Balaban J connectivity index is 1.56. The largest absolute Gasteiger partial charge is 0.469 e.